The van der Waals surface area contributed by atoms with Gasteiger partial charge in [0, 0.05) is 5.57 Å². The molecular weight excluding hydrogens is 318 g/mol. The van der Waals surface area contributed by atoms with E-state index in [2.05, 4.69) is 16.8 Å². The zero-order valence-corrected chi connectivity index (χ0v) is 14.1. The van der Waals surface area contributed by atoms with E-state index >= 15 is 0 Å². The molecule has 0 aliphatic carbocycles. The van der Waals surface area contributed by atoms with E-state index < -0.39 is 12.1 Å². The second-order valence-corrected chi connectivity index (χ2v) is 5.81. The molecule has 6 heteroatoms. The Labute approximate surface area is 145 Å². The molecular formula is C19H19N3O3. The number of carbonyl (C=O) groups excluding carboxylic acids is 1. The molecule has 3 rings (SSSR count). The lowest BCUT2D eigenvalue weighted by Crippen LogP contribution is -2.12. The monoisotopic (exact) mass is 337 g/mol. The Bertz CT molecular complexity index is 913. The van der Waals surface area contributed by atoms with Crippen LogP contribution in [0.25, 0.3) is 16.7 Å². The van der Waals surface area contributed by atoms with Gasteiger partial charge in [-0.2, -0.15) is 0 Å². The molecule has 6 nitrogen and oxygen atoms in total. The number of ether oxygens (including phenoxy) is 1. The molecule has 0 fully saturated rings. The molecule has 0 saturated heterocycles. The van der Waals surface area contributed by atoms with E-state index in [-0.39, 0.29) is 5.75 Å². The lowest BCUT2D eigenvalue weighted by Gasteiger charge is -2.17. The van der Waals surface area contributed by atoms with Crippen molar-refractivity contribution >= 4 is 17.0 Å². The highest BCUT2D eigenvalue weighted by atomic mass is 16.5. The van der Waals surface area contributed by atoms with E-state index in [1.54, 1.807) is 25.1 Å². The zero-order chi connectivity index (χ0) is 18.0. The fourth-order valence-electron chi connectivity index (χ4n) is 2.49. The van der Waals surface area contributed by atoms with Crippen LogP contribution in [0.5, 0.6) is 5.75 Å². The summed E-state index contributed by atoms with van der Waals surface area (Å²) < 4.78 is 5.47. The Kier molecular flexibility index (Phi) is 4.52. The minimum atomic E-state index is -0.440. The van der Waals surface area contributed by atoms with Crippen molar-refractivity contribution in [3.63, 3.8) is 0 Å². The summed E-state index contributed by atoms with van der Waals surface area (Å²) in [6.45, 7) is 7.13. The average Bonchev–Trinajstić information content (AvgIpc) is 3.03. The van der Waals surface area contributed by atoms with Crippen LogP contribution in [0.4, 0.5) is 0 Å². The Morgan fingerprint density at radius 2 is 1.88 bits per heavy atom. The summed E-state index contributed by atoms with van der Waals surface area (Å²) >= 11 is 0. The Morgan fingerprint density at radius 1 is 1.24 bits per heavy atom. The van der Waals surface area contributed by atoms with Gasteiger partial charge in [0.05, 0.1) is 0 Å². The van der Waals surface area contributed by atoms with Crippen molar-refractivity contribution in [2.45, 2.75) is 26.4 Å². The first-order chi connectivity index (χ1) is 12.0. The number of aromatic hydroxyl groups is 1. The van der Waals surface area contributed by atoms with Gasteiger partial charge >= 0.3 is 5.97 Å². The number of hydrogen-bond donors (Lipinski definition) is 1. The predicted molar refractivity (Wildman–Crippen MR) is 94.5 cm³/mol. The zero-order valence-electron chi connectivity index (χ0n) is 14.1. The van der Waals surface area contributed by atoms with E-state index in [1.165, 1.54) is 4.80 Å². The number of rotatable bonds is 5. The second kappa shape index (κ2) is 6.76. The number of phenolic OH excluding ortho intramolecular Hbond substituents is 1. The molecule has 1 atom stereocenters. The van der Waals surface area contributed by atoms with Gasteiger partial charge in [0.1, 0.15) is 28.6 Å². The van der Waals surface area contributed by atoms with E-state index in [0.717, 1.165) is 16.6 Å². The molecule has 1 unspecified atom stereocenters. The summed E-state index contributed by atoms with van der Waals surface area (Å²) in [6.07, 6.45) is 0.158. The minimum absolute atomic E-state index is 0.0464. The second-order valence-electron chi connectivity index (χ2n) is 5.81. The lowest BCUT2D eigenvalue weighted by atomic mass is 10.1. The topological polar surface area (TPSA) is 77.2 Å². The van der Waals surface area contributed by atoms with Gasteiger partial charge in [-0.3, -0.25) is 0 Å². The highest BCUT2D eigenvalue weighted by Crippen LogP contribution is 2.29. The summed E-state index contributed by atoms with van der Waals surface area (Å²) in [6, 6.07) is 12.5. The van der Waals surface area contributed by atoms with Crippen molar-refractivity contribution in [2.75, 3.05) is 0 Å². The molecule has 2 aromatic carbocycles. The average molecular weight is 337 g/mol. The van der Waals surface area contributed by atoms with Gasteiger partial charge in [-0.05, 0) is 43.2 Å². The third-order valence-corrected chi connectivity index (χ3v) is 3.84. The van der Waals surface area contributed by atoms with Gasteiger partial charge < -0.3 is 9.84 Å². The van der Waals surface area contributed by atoms with Crippen molar-refractivity contribution in [3.8, 4) is 11.4 Å². The van der Waals surface area contributed by atoms with E-state index in [9.17, 15) is 9.90 Å². The first kappa shape index (κ1) is 16.7. The van der Waals surface area contributed by atoms with Crippen LogP contribution in [0.15, 0.2) is 54.6 Å². The van der Waals surface area contributed by atoms with Crippen molar-refractivity contribution in [1.29, 1.82) is 0 Å². The molecule has 3 aromatic rings. The third kappa shape index (κ3) is 3.38. The van der Waals surface area contributed by atoms with Gasteiger partial charge in [0.2, 0.25) is 0 Å². The largest absolute Gasteiger partial charge is 0.506 e. The number of nitrogens with zero attached hydrogens (tertiary/aromatic N) is 3. The van der Waals surface area contributed by atoms with Gasteiger partial charge in [0.15, 0.2) is 0 Å². The van der Waals surface area contributed by atoms with Crippen LogP contribution >= 0.6 is 0 Å². The van der Waals surface area contributed by atoms with Crippen LogP contribution in [0.3, 0.4) is 0 Å². The molecule has 0 spiro atoms. The Balaban J connectivity index is 1.99. The summed E-state index contributed by atoms with van der Waals surface area (Å²) in [5.41, 5.74) is 2.99. The van der Waals surface area contributed by atoms with E-state index in [0.29, 0.717) is 17.7 Å². The number of aromatic nitrogens is 3. The molecule has 0 radical (unpaired) electrons. The Hall–Kier alpha value is -3.15. The third-order valence-electron chi connectivity index (χ3n) is 3.84. The fraction of sp³-hybridized carbons (Fsp3) is 0.211. The maximum absolute atomic E-state index is 11.8. The standard InChI is InChI=1S/C19H19N3O3/c1-4-18(25-19(24)12(2)3)13-9-10-17(23)16(11-13)22-20-14-7-5-6-8-15(14)21-22/h5-11,18,23H,2,4H2,1,3H3. The summed E-state index contributed by atoms with van der Waals surface area (Å²) in [4.78, 5) is 13.2. The smallest absolute Gasteiger partial charge is 0.333 e. The molecule has 1 aromatic heterocycles. The molecule has 0 saturated carbocycles. The number of fused-ring (bicyclic) bond motifs is 1. The number of carbonyl (C=O) groups is 1. The predicted octanol–water partition coefficient (Wildman–Crippen LogP) is 3.70. The molecule has 0 aliphatic heterocycles. The van der Waals surface area contributed by atoms with Crippen LogP contribution in [0.2, 0.25) is 0 Å². The van der Waals surface area contributed by atoms with Gasteiger partial charge in [-0.15, -0.1) is 15.0 Å². The van der Waals surface area contributed by atoms with Crippen LogP contribution in [0.1, 0.15) is 31.9 Å². The number of esters is 1. The summed E-state index contributed by atoms with van der Waals surface area (Å²) in [5, 5.41) is 19.0. The van der Waals surface area contributed by atoms with Crippen molar-refractivity contribution < 1.29 is 14.6 Å². The van der Waals surface area contributed by atoms with Gasteiger partial charge in [-0.1, -0.05) is 31.7 Å². The molecule has 0 bridgehead atoms. The lowest BCUT2D eigenvalue weighted by molar-refractivity contribution is -0.144. The Morgan fingerprint density at radius 3 is 2.44 bits per heavy atom. The summed E-state index contributed by atoms with van der Waals surface area (Å²) in [5.74, 6) is -0.394. The summed E-state index contributed by atoms with van der Waals surface area (Å²) in [7, 11) is 0. The minimum Gasteiger partial charge on any atom is -0.506 e. The quantitative estimate of drug-likeness (QED) is 0.567. The molecule has 128 valence electrons. The van der Waals surface area contributed by atoms with E-state index in [4.69, 9.17) is 4.74 Å². The van der Waals surface area contributed by atoms with Crippen molar-refractivity contribution in [3.05, 3.63) is 60.2 Å². The molecule has 1 heterocycles. The molecule has 1 N–H and O–H groups in total. The van der Waals surface area contributed by atoms with Crippen molar-refractivity contribution in [1.82, 2.24) is 15.0 Å². The fourth-order valence-corrected chi connectivity index (χ4v) is 2.49. The van der Waals surface area contributed by atoms with Crippen LogP contribution in [-0.4, -0.2) is 26.1 Å². The van der Waals surface area contributed by atoms with E-state index in [1.807, 2.05) is 31.2 Å². The highest BCUT2D eigenvalue weighted by molar-refractivity contribution is 5.87. The van der Waals surface area contributed by atoms with Crippen LogP contribution < -0.4 is 0 Å². The van der Waals surface area contributed by atoms with Gasteiger partial charge in [0.25, 0.3) is 0 Å². The number of phenols is 1. The van der Waals surface area contributed by atoms with Crippen LogP contribution in [0, 0.1) is 0 Å². The molecule has 0 aliphatic rings. The SMILES string of the molecule is C=C(C)C(=O)OC(CC)c1ccc(O)c(-n2nc3ccccc3n2)c1. The van der Waals surface area contributed by atoms with Crippen LogP contribution in [-0.2, 0) is 9.53 Å². The molecule has 0 amide bonds. The van der Waals surface area contributed by atoms with Crippen molar-refractivity contribution in [2.24, 2.45) is 0 Å². The first-order valence-corrected chi connectivity index (χ1v) is 8.01. The van der Waals surface area contributed by atoms with Gasteiger partial charge in [-0.25, -0.2) is 4.79 Å². The number of hydrogen-bond acceptors (Lipinski definition) is 5. The first-order valence-electron chi connectivity index (χ1n) is 8.01. The normalized spacial score (nSPS) is 12.1. The maximum atomic E-state index is 11.8. The highest BCUT2D eigenvalue weighted by Gasteiger charge is 2.18. The molecule has 25 heavy (non-hydrogen) atoms. The number of benzene rings is 2. The maximum Gasteiger partial charge on any atom is 0.333 e.